The van der Waals surface area contributed by atoms with Crippen LogP contribution in [-0.4, -0.2) is 158 Å². The van der Waals surface area contributed by atoms with Gasteiger partial charge >= 0.3 is 5.97 Å². The van der Waals surface area contributed by atoms with E-state index in [1.165, 1.54) is 24.7 Å². The van der Waals surface area contributed by atoms with E-state index in [1.807, 2.05) is 18.3 Å². The lowest BCUT2D eigenvalue weighted by molar-refractivity contribution is -0.157. The molecule has 2 saturated carbocycles. The molecular formula is C58H73N11O6S. The number of thiazole rings is 1. The SMILES string of the molecule is CO[C@@H](C)c1ncccc1-c1c2c3cc(ccc3n1C1CN(C3CC3)C1)-c1csc(n1)[C@@H](N1CC3(CCCN3C3CCOCC3)C1)[C@H](NC(=O)[C@@H]1[C@@H](C)[C@H]1c1ccncn1)C(=O)N1CCC[C@H](N1)C(=O)OCC(C)(C)C2. The van der Waals surface area contributed by atoms with E-state index >= 15 is 4.79 Å². The topological polar surface area (TPSA) is 172 Å². The number of rotatable bonds is 10. The van der Waals surface area contributed by atoms with Crippen molar-refractivity contribution in [2.24, 2.45) is 17.3 Å². The largest absolute Gasteiger partial charge is 0.464 e. The van der Waals surface area contributed by atoms with Gasteiger partial charge in [-0.25, -0.2) is 20.4 Å². The first-order chi connectivity index (χ1) is 36.9. The Morgan fingerprint density at radius 1 is 0.961 bits per heavy atom. The standard InChI is InChI=1S/C58H73N11O6S/c1-34-47(43-15-20-59-33-61-43)48(34)53(70)63-50-52(66-30-58(31-66)18-8-21-67(58)38-16-23-74-24-17-38)54-62-45(29-76-54)36-11-14-46-41(25-36)42(26-57(3,4)32-75-56(72)44-10-7-22-68(64-44)55(50)71)51(40-9-6-19-60-49(40)35(2)73-5)69(46)39-27-65(28-39)37-12-13-37/h6,9,11,14-15,19-20,25,29,33-35,37-39,44,47-48,50,52,64H,7-8,10,12-13,16-18,21-24,26-28,30-32H2,1-5H3,(H,63,70)/t34-,35-,44-,47-,48+,50-,52-/m0/s1. The molecule has 5 saturated heterocycles. The molecule has 0 radical (unpaired) electrons. The summed E-state index contributed by atoms with van der Waals surface area (Å²) in [4.78, 5) is 72.0. The number of aromatic nitrogens is 5. The average molecular weight is 1050 g/mol. The Morgan fingerprint density at radius 2 is 1.79 bits per heavy atom. The van der Waals surface area contributed by atoms with Gasteiger partial charge in [-0.3, -0.25) is 39.1 Å². The predicted molar refractivity (Wildman–Crippen MR) is 288 cm³/mol. The minimum absolute atomic E-state index is 0.0224. The van der Waals surface area contributed by atoms with Crippen LogP contribution in [0.4, 0.5) is 0 Å². The van der Waals surface area contributed by atoms with Crippen LogP contribution in [0.15, 0.2) is 60.5 Å². The molecule has 402 valence electrons. The van der Waals surface area contributed by atoms with Crippen LogP contribution in [0, 0.1) is 17.3 Å². The molecule has 0 unspecified atom stereocenters. The van der Waals surface area contributed by atoms with E-state index in [2.05, 4.69) is 97.3 Å². The quantitative estimate of drug-likeness (QED) is 0.139. The molecule has 2 amide bonds. The number of benzene rings is 1. The smallest absolute Gasteiger partial charge is 0.324 e. The van der Waals surface area contributed by atoms with E-state index in [0.29, 0.717) is 37.9 Å². The Balaban J connectivity index is 0.946. The van der Waals surface area contributed by atoms with Crippen molar-refractivity contribution in [3.63, 3.8) is 0 Å². The Bertz CT molecular complexity index is 3000. The van der Waals surface area contributed by atoms with Gasteiger partial charge in [0.15, 0.2) is 0 Å². The fraction of sp³-hybridized carbons (Fsp3) is 0.603. The Morgan fingerprint density at radius 3 is 2.57 bits per heavy atom. The first-order valence-electron chi connectivity index (χ1n) is 28.1. The van der Waals surface area contributed by atoms with Crippen molar-refractivity contribution in [3.05, 3.63) is 82.5 Å². The molecule has 1 aromatic carbocycles. The van der Waals surface area contributed by atoms with Crippen LogP contribution < -0.4 is 10.7 Å². The molecule has 5 aromatic rings. The number of cyclic esters (lactones) is 1. The highest BCUT2D eigenvalue weighted by Gasteiger charge is 2.58. The van der Waals surface area contributed by atoms with E-state index in [9.17, 15) is 9.59 Å². The third kappa shape index (κ3) is 9.06. The molecule has 13 rings (SSSR count). The van der Waals surface area contributed by atoms with Gasteiger partial charge in [-0.1, -0.05) is 26.8 Å². The van der Waals surface area contributed by atoms with Gasteiger partial charge in [-0.15, -0.1) is 11.3 Å². The Labute approximate surface area is 449 Å². The zero-order chi connectivity index (χ0) is 52.0. The van der Waals surface area contributed by atoms with E-state index in [1.54, 1.807) is 29.7 Å². The number of methoxy groups -OCH3 is 1. The molecule has 17 nitrogen and oxygen atoms in total. The van der Waals surface area contributed by atoms with Crippen LogP contribution in [0.5, 0.6) is 0 Å². The lowest BCUT2D eigenvalue weighted by Gasteiger charge is -2.58. The fourth-order valence-electron chi connectivity index (χ4n) is 14.2. The third-order valence-corrected chi connectivity index (χ3v) is 19.4. The van der Waals surface area contributed by atoms with Gasteiger partial charge in [-0.2, -0.15) is 0 Å². The lowest BCUT2D eigenvalue weighted by atomic mass is 9.82. The van der Waals surface area contributed by atoms with Crippen LogP contribution in [0.3, 0.4) is 0 Å². The van der Waals surface area contributed by atoms with E-state index in [4.69, 9.17) is 24.2 Å². The number of esters is 1. The molecule has 4 aromatic heterocycles. The van der Waals surface area contributed by atoms with Gasteiger partial charge in [0.25, 0.3) is 5.91 Å². The molecule has 10 heterocycles. The highest BCUT2D eigenvalue weighted by atomic mass is 32.1. The molecule has 18 heteroatoms. The van der Waals surface area contributed by atoms with Crippen LogP contribution in [0.1, 0.15) is 125 Å². The summed E-state index contributed by atoms with van der Waals surface area (Å²) >= 11 is 1.56. The molecular weight excluding hydrogens is 979 g/mol. The molecule has 2 N–H and O–H groups in total. The minimum atomic E-state index is -1.02. The molecule has 1 spiro atoms. The average Bonchev–Trinajstić information content (AvgIpc) is 4.22. The summed E-state index contributed by atoms with van der Waals surface area (Å²) in [6.07, 6.45) is 13.3. The van der Waals surface area contributed by atoms with Crippen molar-refractivity contribution >= 4 is 40.0 Å². The monoisotopic (exact) mass is 1050 g/mol. The highest BCUT2D eigenvalue weighted by Crippen LogP contribution is 2.54. The molecule has 7 atom stereocenters. The van der Waals surface area contributed by atoms with Crippen molar-refractivity contribution in [2.75, 3.05) is 66.2 Å². The minimum Gasteiger partial charge on any atom is -0.464 e. The normalized spacial score (nSPS) is 28.9. The van der Waals surface area contributed by atoms with Gasteiger partial charge in [0.1, 0.15) is 23.4 Å². The maximum atomic E-state index is 15.7. The number of fused-ring (bicyclic) bond motifs is 6. The van der Waals surface area contributed by atoms with Gasteiger partial charge in [0, 0.05) is 133 Å². The van der Waals surface area contributed by atoms with Gasteiger partial charge in [0.05, 0.1) is 41.9 Å². The van der Waals surface area contributed by atoms with Crippen molar-refractivity contribution in [2.45, 2.75) is 139 Å². The van der Waals surface area contributed by atoms with Gasteiger partial charge in [-0.05, 0) is 113 Å². The number of nitrogens with zero attached hydrogens (tertiary/aromatic N) is 9. The number of hydrogen-bond acceptors (Lipinski definition) is 15. The number of pyridine rings is 1. The predicted octanol–water partition coefficient (Wildman–Crippen LogP) is 6.87. The second kappa shape index (κ2) is 19.9. The van der Waals surface area contributed by atoms with Crippen molar-refractivity contribution in [1.82, 2.24) is 55.0 Å². The zero-order valence-electron chi connectivity index (χ0n) is 44.7. The molecule has 7 fully saturated rings. The number of hydrogen-bond donors (Lipinski definition) is 2. The summed E-state index contributed by atoms with van der Waals surface area (Å²) in [6, 6.07) is 11.9. The first kappa shape index (κ1) is 50.3. The van der Waals surface area contributed by atoms with Crippen LogP contribution in [0.25, 0.3) is 33.4 Å². The summed E-state index contributed by atoms with van der Waals surface area (Å²) in [5, 5.41) is 9.02. The summed E-state index contributed by atoms with van der Waals surface area (Å²) in [5.41, 5.74) is 10.8. The second-order valence-corrected chi connectivity index (χ2v) is 25.1. The number of ether oxygens (including phenoxy) is 3. The molecule has 6 aliphatic heterocycles. The summed E-state index contributed by atoms with van der Waals surface area (Å²) in [7, 11) is 1.74. The van der Waals surface area contributed by atoms with Crippen LogP contribution in [0.2, 0.25) is 0 Å². The zero-order valence-corrected chi connectivity index (χ0v) is 45.5. The number of likely N-dealkylation sites (tertiary alicyclic amines) is 3. The van der Waals surface area contributed by atoms with E-state index in [-0.39, 0.29) is 53.9 Å². The third-order valence-electron chi connectivity index (χ3n) is 18.5. The van der Waals surface area contributed by atoms with E-state index < -0.39 is 29.5 Å². The maximum absolute atomic E-state index is 15.7. The van der Waals surface area contributed by atoms with Gasteiger partial charge in [0.2, 0.25) is 5.91 Å². The fourth-order valence-corrected chi connectivity index (χ4v) is 15.2. The molecule has 2 aliphatic carbocycles. The number of hydrazine groups is 1. The van der Waals surface area contributed by atoms with Crippen molar-refractivity contribution in [1.29, 1.82) is 0 Å². The maximum Gasteiger partial charge on any atom is 0.324 e. The number of carbonyl (C=O) groups is 3. The lowest BCUT2D eigenvalue weighted by Crippen LogP contribution is -2.72. The van der Waals surface area contributed by atoms with E-state index in [0.717, 1.165) is 121 Å². The second-order valence-electron chi connectivity index (χ2n) is 24.2. The first-order valence-corrected chi connectivity index (χ1v) is 29.0. The van der Waals surface area contributed by atoms with Crippen molar-refractivity contribution < 1.29 is 28.6 Å². The summed E-state index contributed by atoms with van der Waals surface area (Å²) < 4.78 is 20.8. The summed E-state index contributed by atoms with van der Waals surface area (Å²) in [6.45, 7) is 15.0. The van der Waals surface area contributed by atoms with Crippen molar-refractivity contribution in [3.8, 4) is 22.5 Å². The van der Waals surface area contributed by atoms with Crippen LogP contribution >= 0.6 is 11.3 Å². The number of carbonyl (C=O) groups excluding carboxylic acids is 3. The van der Waals surface area contributed by atoms with Crippen LogP contribution in [-0.2, 0) is 35.0 Å². The highest BCUT2D eigenvalue weighted by molar-refractivity contribution is 7.10. The molecule has 6 bridgehead atoms. The number of amides is 2. The Hall–Kier alpha value is -5.21. The number of nitrogens with one attached hydrogen (secondary N) is 2. The summed E-state index contributed by atoms with van der Waals surface area (Å²) in [5.74, 6) is -1.31. The van der Waals surface area contributed by atoms with Gasteiger partial charge < -0.3 is 24.1 Å². The Kier molecular flexibility index (Phi) is 13.2. The molecule has 76 heavy (non-hydrogen) atoms. The molecule has 8 aliphatic rings.